The standard InChI is InChI=1S/C15H16FNO2/c1-10-5-3-7-12(17-10)13(18)9-11-6-4-8-14(19-2)15(11)16/h3-8,13,18H,9H2,1-2H3. The van der Waals surface area contributed by atoms with Crippen LogP contribution in [0.3, 0.4) is 0 Å². The first-order chi connectivity index (χ1) is 9.11. The van der Waals surface area contributed by atoms with Crippen molar-refractivity contribution in [1.82, 2.24) is 4.98 Å². The summed E-state index contributed by atoms with van der Waals surface area (Å²) in [5.74, 6) is -0.251. The van der Waals surface area contributed by atoms with Crippen LogP contribution in [-0.2, 0) is 6.42 Å². The predicted molar refractivity (Wildman–Crippen MR) is 70.6 cm³/mol. The smallest absolute Gasteiger partial charge is 0.168 e. The lowest BCUT2D eigenvalue weighted by Crippen LogP contribution is -2.06. The fraction of sp³-hybridized carbons (Fsp3) is 0.267. The van der Waals surface area contributed by atoms with Crippen molar-refractivity contribution in [3.63, 3.8) is 0 Å². The maximum atomic E-state index is 14.0. The van der Waals surface area contributed by atoms with Crippen LogP contribution >= 0.6 is 0 Å². The van der Waals surface area contributed by atoms with Gasteiger partial charge >= 0.3 is 0 Å². The topological polar surface area (TPSA) is 42.4 Å². The largest absolute Gasteiger partial charge is 0.494 e. The Hall–Kier alpha value is -1.94. The molecular weight excluding hydrogens is 245 g/mol. The van der Waals surface area contributed by atoms with E-state index in [4.69, 9.17) is 4.74 Å². The number of aryl methyl sites for hydroxylation is 1. The summed E-state index contributed by atoms with van der Waals surface area (Å²) in [7, 11) is 1.42. The zero-order chi connectivity index (χ0) is 13.8. The van der Waals surface area contributed by atoms with Gasteiger partial charge in [-0.3, -0.25) is 4.98 Å². The maximum Gasteiger partial charge on any atom is 0.168 e. The van der Waals surface area contributed by atoms with E-state index in [0.717, 1.165) is 5.69 Å². The number of ether oxygens (including phenoxy) is 1. The second-order valence-electron chi connectivity index (χ2n) is 4.36. The van der Waals surface area contributed by atoms with Gasteiger partial charge in [0.25, 0.3) is 0 Å². The van der Waals surface area contributed by atoms with Crippen molar-refractivity contribution in [1.29, 1.82) is 0 Å². The molecule has 0 bridgehead atoms. The number of rotatable bonds is 4. The lowest BCUT2D eigenvalue weighted by molar-refractivity contribution is 0.172. The molecular formula is C15H16FNO2. The number of aliphatic hydroxyl groups excluding tert-OH is 1. The van der Waals surface area contributed by atoms with Gasteiger partial charge in [0.2, 0.25) is 0 Å². The number of aromatic nitrogens is 1. The van der Waals surface area contributed by atoms with Crippen molar-refractivity contribution in [2.24, 2.45) is 0 Å². The third-order valence-corrected chi connectivity index (χ3v) is 2.93. The van der Waals surface area contributed by atoms with Gasteiger partial charge in [0, 0.05) is 12.1 Å². The number of halogens is 1. The lowest BCUT2D eigenvalue weighted by Gasteiger charge is -2.12. The van der Waals surface area contributed by atoms with E-state index in [-0.39, 0.29) is 12.2 Å². The van der Waals surface area contributed by atoms with Crippen LogP contribution in [0.2, 0.25) is 0 Å². The van der Waals surface area contributed by atoms with E-state index < -0.39 is 11.9 Å². The highest BCUT2D eigenvalue weighted by Gasteiger charge is 2.15. The first-order valence-corrected chi connectivity index (χ1v) is 6.05. The molecule has 1 atom stereocenters. The Labute approximate surface area is 111 Å². The third kappa shape index (κ3) is 3.09. The van der Waals surface area contributed by atoms with Gasteiger partial charge in [0.05, 0.1) is 12.8 Å². The molecule has 1 unspecified atom stereocenters. The number of pyridine rings is 1. The Kier molecular flexibility index (Phi) is 4.12. The zero-order valence-electron chi connectivity index (χ0n) is 10.9. The average Bonchev–Trinajstić information content (AvgIpc) is 2.41. The molecule has 1 aromatic carbocycles. The van der Waals surface area contributed by atoms with Crippen molar-refractivity contribution in [3.8, 4) is 5.75 Å². The molecule has 0 spiro atoms. The summed E-state index contributed by atoms with van der Waals surface area (Å²) < 4.78 is 18.9. The van der Waals surface area contributed by atoms with Crippen LogP contribution < -0.4 is 4.74 Å². The van der Waals surface area contributed by atoms with E-state index in [1.54, 1.807) is 24.3 Å². The summed E-state index contributed by atoms with van der Waals surface area (Å²) in [4.78, 5) is 4.24. The van der Waals surface area contributed by atoms with Crippen LogP contribution in [0.5, 0.6) is 5.75 Å². The molecule has 0 amide bonds. The van der Waals surface area contributed by atoms with Gasteiger partial charge in [-0.05, 0) is 30.7 Å². The van der Waals surface area contributed by atoms with E-state index in [0.29, 0.717) is 11.3 Å². The van der Waals surface area contributed by atoms with Crippen molar-refractivity contribution in [2.45, 2.75) is 19.4 Å². The molecule has 2 rings (SSSR count). The Balaban J connectivity index is 2.21. The molecule has 0 aliphatic heterocycles. The van der Waals surface area contributed by atoms with E-state index >= 15 is 0 Å². The third-order valence-electron chi connectivity index (χ3n) is 2.93. The van der Waals surface area contributed by atoms with Gasteiger partial charge in [0.1, 0.15) is 6.10 Å². The normalized spacial score (nSPS) is 12.2. The predicted octanol–water partition coefficient (Wildman–Crippen LogP) is 2.81. The van der Waals surface area contributed by atoms with Crippen molar-refractivity contribution >= 4 is 0 Å². The number of hydrogen-bond acceptors (Lipinski definition) is 3. The lowest BCUT2D eigenvalue weighted by atomic mass is 10.0. The zero-order valence-corrected chi connectivity index (χ0v) is 10.9. The molecule has 19 heavy (non-hydrogen) atoms. The molecule has 0 aliphatic carbocycles. The van der Waals surface area contributed by atoms with E-state index in [9.17, 15) is 9.50 Å². The number of methoxy groups -OCH3 is 1. The minimum Gasteiger partial charge on any atom is -0.494 e. The van der Waals surface area contributed by atoms with E-state index in [1.165, 1.54) is 7.11 Å². The minimum absolute atomic E-state index is 0.166. The fourth-order valence-electron chi connectivity index (χ4n) is 1.93. The molecule has 4 heteroatoms. The maximum absolute atomic E-state index is 14.0. The Morgan fingerprint density at radius 3 is 2.68 bits per heavy atom. The van der Waals surface area contributed by atoms with Crippen LogP contribution in [0.15, 0.2) is 36.4 Å². The first kappa shape index (κ1) is 13.5. The summed E-state index contributed by atoms with van der Waals surface area (Å²) in [5.41, 5.74) is 1.78. The summed E-state index contributed by atoms with van der Waals surface area (Å²) >= 11 is 0. The molecule has 0 saturated heterocycles. The minimum atomic E-state index is -0.832. The van der Waals surface area contributed by atoms with Gasteiger partial charge in [-0.25, -0.2) is 4.39 Å². The summed E-state index contributed by atoms with van der Waals surface area (Å²) in [6, 6.07) is 10.3. The second-order valence-corrected chi connectivity index (χ2v) is 4.36. The number of aliphatic hydroxyl groups is 1. The fourth-order valence-corrected chi connectivity index (χ4v) is 1.93. The van der Waals surface area contributed by atoms with Crippen LogP contribution in [0.25, 0.3) is 0 Å². The molecule has 3 nitrogen and oxygen atoms in total. The molecule has 0 aliphatic rings. The Bertz CT molecular complexity index is 572. The highest BCUT2D eigenvalue weighted by molar-refractivity contribution is 5.32. The Morgan fingerprint density at radius 2 is 2.00 bits per heavy atom. The van der Waals surface area contributed by atoms with Crippen molar-refractivity contribution < 1.29 is 14.2 Å². The molecule has 2 aromatic rings. The SMILES string of the molecule is COc1cccc(CC(O)c2cccc(C)n2)c1F. The molecule has 100 valence electrons. The van der Waals surface area contributed by atoms with Crippen LogP contribution in [0, 0.1) is 12.7 Å². The summed E-state index contributed by atoms with van der Waals surface area (Å²) in [5, 5.41) is 10.1. The van der Waals surface area contributed by atoms with E-state index in [2.05, 4.69) is 4.98 Å². The van der Waals surface area contributed by atoms with Gasteiger partial charge in [-0.15, -0.1) is 0 Å². The summed E-state index contributed by atoms with van der Waals surface area (Å²) in [6.07, 6.45) is -0.666. The highest BCUT2D eigenvalue weighted by atomic mass is 19.1. The average molecular weight is 261 g/mol. The monoisotopic (exact) mass is 261 g/mol. The molecule has 1 N–H and O–H groups in total. The first-order valence-electron chi connectivity index (χ1n) is 6.05. The van der Waals surface area contributed by atoms with Crippen molar-refractivity contribution in [3.05, 3.63) is 59.2 Å². The van der Waals surface area contributed by atoms with Gasteiger partial charge in [-0.2, -0.15) is 0 Å². The Morgan fingerprint density at radius 1 is 1.26 bits per heavy atom. The quantitative estimate of drug-likeness (QED) is 0.920. The molecule has 0 fully saturated rings. The second kappa shape index (κ2) is 5.80. The van der Waals surface area contributed by atoms with Crippen LogP contribution in [0.4, 0.5) is 4.39 Å². The number of hydrogen-bond donors (Lipinski definition) is 1. The molecule has 0 radical (unpaired) electrons. The number of nitrogens with zero attached hydrogens (tertiary/aromatic N) is 1. The van der Waals surface area contributed by atoms with Gasteiger partial charge in [-0.1, -0.05) is 18.2 Å². The molecule has 0 saturated carbocycles. The molecule has 1 heterocycles. The molecule has 1 aromatic heterocycles. The van der Waals surface area contributed by atoms with E-state index in [1.807, 2.05) is 19.1 Å². The summed E-state index contributed by atoms with van der Waals surface area (Å²) in [6.45, 7) is 1.85. The number of benzene rings is 1. The van der Waals surface area contributed by atoms with Gasteiger partial charge in [0.15, 0.2) is 11.6 Å². The van der Waals surface area contributed by atoms with Crippen LogP contribution in [-0.4, -0.2) is 17.2 Å². The van der Waals surface area contributed by atoms with Crippen LogP contribution in [0.1, 0.15) is 23.1 Å². The van der Waals surface area contributed by atoms with Gasteiger partial charge < -0.3 is 9.84 Å². The van der Waals surface area contributed by atoms with Crippen molar-refractivity contribution in [2.75, 3.05) is 7.11 Å². The highest BCUT2D eigenvalue weighted by Crippen LogP contribution is 2.24.